The molecule has 69 heavy (non-hydrogen) atoms. The molecule has 0 spiro atoms. The van der Waals surface area contributed by atoms with E-state index in [-0.39, 0.29) is 28.7 Å². The second-order valence-corrected chi connectivity index (χ2v) is 15.5. The lowest BCUT2D eigenvalue weighted by molar-refractivity contribution is -0.116. The molecule has 0 bridgehead atoms. The number of fused-ring (bicyclic) bond motifs is 1. The van der Waals surface area contributed by atoms with Gasteiger partial charge < -0.3 is 55.5 Å². The predicted octanol–water partition coefficient (Wildman–Crippen LogP) is 5.84. The number of hydrogen-bond acceptors (Lipinski definition) is 14. The first-order valence-corrected chi connectivity index (χ1v) is 23.0. The Morgan fingerprint density at radius 1 is 0.710 bits per heavy atom. The maximum Gasteiger partial charge on any atom is 0.257 e. The van der Waals surface area contributed by atoms with Gasteiger partial charge in [0.15, 0.2) is 0 Å². The summed E-state index contributed by atoms with van der Waals surface area (Å²) in [5, 5.41) is 26.9. The summed E-state index contributed by atoms with van der Waals surface area (Å²) in [6.07, 6.45) is 5.96. The number of aryl methyl sites for hydroxylation is 1. The number of carbonyl (C=O) groups excluding carboxylic acids is 4. The van der Waals surface area contributed by atoms with Crippen molar-refractivity contribution in [1.29, 1.82) is 0 Å². The lowest BCUT2D eigenvalue weighted by Gasteiger charge is -2.09. The molecule has 0 fully saturated rings. The van der Waals surface area contributed by atoms with Gasteiger partial charge in [0.1, 0.15) is 11.4 Å². The number of nitrogens with one attached hydrogen (secondary N) is 3. The summed E-state index contributed by atoms with van der Waals surface area (Å²) in [4.78, 5) is 54.2. The standard InChI is InChI=1S/C50H63N9O10/c1-2-22-59-44-34-36(8-15-42(44)55-50(59)56-49(64)40-7-3-6-39(35-40)47(52)62)10-17-46(61)53-20-4-23-65-25-27-67-29-31-69-32-30-68-28-26-66-24-5-21-54-48(63)38-11-13-41(14-12-38)57-58-43-33-37(18-19-51)9-16-45(43)60/h3,6-17,33-35,60H,2,4-5,18-32,51H2,1H3,(H2,52,62)(H,53,61)(H,54,63)(H,55,56,64)/b17-10+,58-57?. The maximum absolute atomic E-state index is 13.0. The first kappa shape index (κ1) is 53.1. The van der Waals surface area contributed by atoms with Crippen LogP contribution in [0.25, 0.3) is 17.1 Å². The van der Waals surface area contributed by atoms with Crippen molar-refractivity contribution in [2.45, 2.75) is 39.2 Å². The van der Waals surface area contributed by atoms with Crippen LogP contribution in [0.4, 0.5) is 17.3 Å². The zero-order chi connectivity index (χ0) is 49.1. The molecule has 0 radical (unpaired) electrons. The fourth-order valence-corrected chi connectivity index (χ4v) is 6.62. The number of carbonyl (C=O) groups is 4. The molecule has 0 saturated carbocycles. The van der Waals surface area contributed by atoms with E-state index in [1.165, 1.54) is 12.1 Å². The van der Waals surface area contributed by atoms with Crippen molar-refractivity contribution in [3.8, 4) is 5.75 Å². The summed E-state index contributed by atoms with van der Waals surface area (Å²) >= 11 is 0. The number of primary amides is 1. The number of anilines is 1. The summed E-state index contributed by atoms with van der Waals surface area (Å²) in [6.45, 7) is 8.45. The zero-order valence-electron chi connectivity index (χ0n) is 39.0. The molecule has 4 aromatic carbocycles. The van der Waals surface area contributed by atoms with E-state index in [1.807, 2.05) is 29.7 Å². The van der Waals surface area contributed by atoms with Crippen molar-refractivity contribution in [1.82, 2.24) is 20.2 Å². The van der Waals surface area contributed by atoms with E-state index in [0.717, 1.165) is 23.1 Å². The van der Waals surface area contributed by atoms with Crippen LogP contribution in [0, 0.1) is 0 Å². The number of phenols is 1. The summed E-state index contributed by atoms with van der Waals surface area (Å²) in [7, 11) is 0. The molecule has 5 rings (SSSR count). The number of imidazole rings is 1. The number of ether oxygens (including phenoxy) is 5. The number of rotatable bonds is 32. The summed E-state index contributed by atoms with van der Waals surface area (Å²) in [5.41, 5.74) is 16.2. The van der Waals surface area contributed by atoms with E-state index in [4.69, 9.17) is 35.2 Å². The zero-order valence-corrected chi connectivity index (χ0v) is 39.0. The highest BCUT2D eigenvalue weighted by atomic mass is 16.6. The maximum atomic E-state index is 13.0. The third kappa shape index (κ3) is 18.6. The molecule has 4 amide bonds. The van der Waals surface area contributed by atoms with Crippen LogP contribution in [-0.4, -0.2) is 124 Å². The second-order valence-electron chi connectivity index (χ2n) is 15.5. The number of aromatic hydroxyl groups is 1. The SMILES string of the molecule is CCCn1c(NC(=O)c2cccc(C(N)=O)c2)nc2ccc(/C=C/C(=O)NCCCOCCOCCOCCOCCOCCCNC(=O)c3ccc(N=Nc4cc(CCN)ccc4O)cc3)cc21. The number of hydrogen-bond donors (Lipinski definition) is 6. The van der Waals surface area contributed by atoms with Gasteiger partial charge in [-0.15, -0.1) is 5.11 Å². The second kappa shape index (κ2) is 29.8. The summed E-state index contributed by atoms with van der Waals surface area (Å²) < 4.78 is 29.7. The van der Waals surface area contributed by atoms with E-state index in [0.29, 0.717) is 140 Å². The lowest BCUT2D eigenvalue weighted by Crippen LogP contribution is -2.25. The van der Waals surface area contributed by atoms with Crippen LogP contribution >= 0.6 is 0 Å². The van der Waals surface area contributed by atoms with E-state index in [1.54, 1.807) is 66.7 Å². The highest BCUT2D eigenvalue weighted by molar-refractivity contribution is 6.06. The molecule has 0 saturated heterocycles. The fraction of sp³-hybridized carbons (Fsp3) is 0.380. The minimum atomic E-state index is -0.618. The van der Waals surface area contributed by atoms with E-state index in [9.17, 15) is 24.3 Å². The first-order chi connectivity index (χ1) is 33.6. The van der Waals surface area contributed by atoms with Crippen molar-refractivity contribution in [3.63, 3.8) is 0 Å². The Morgan fingerprint density at radius 2 is 1.35 bits per heavy atom. The number of nitrogens with two attached hydrogens (primary N) is 2. The summed E-state index contributed by atoms with van der Waals surface area (Å²) in [5.74, 6) is -1.05. The number of amides is 4. The van der Waals surface area contributed by atoms with Crippen LogP contribution in [0.2, 0.25) is 0 Å². The third-order valence-corrected chi connectivity index (χ3v) is 10.2. The van der Waals surface area contributed by atoms with Crippen LogP contribution in [0.3, 0.4) is 0 Å². The molecular formula is C50H63N9O10. The number of benzene rings is 4. The van der Waals surface area contributed by atoms with Crippen molar-refractivity contribution < 1.29 is 48.0 Å². The molecule has 0 aliphatic rings. The average molecular weight is 950 g/mol. The Balaban J connectivity index is 0.813. The molecule has 19 nitrogen and oxygen atoms in total. The highest BCUT2D eigenvalue weighted by Crippen LogP contribution is 2.29. The van der Waals surface area contributed by atoms with Crippen molar-refractivity contribution >= 4 is 58.1 Å². The van der Waals surface area contributed by atoms with Gasteiger partial charge in [0, 0.05) is 55.6 Å². The van der Waals surface area contributed by atoms with Crippen molar-refractivity contribution in [2.24, 2.45) is 21.7 Å². The van der Waals surface area contributed by atoms with Gasteiger partial charge >= 0.3 is 0 Å². The topological polar surface area (TPSA) is 265 Å². The van der Waals surface area contributed by atoms with Gasteiger partial charge in [0.05, 0.1) is 69.6 Å². The molecule has 0 aliphatic carbocycles. The Bertz CT molecular complexity index is 2480. The van der Waals surface area contributed by atoms with Crippen LogP contribution in [0.1, 0.15) is 68.4 Å². The normalized spacial score (nSPS) is 11.4. The van der Waals surface area contributed by atoms with Crippen molar-refractivity contribution in [2.75, 3.05) is 91.0 Å². The third-order valence-electron chi connectivity index (χ3n) is 10.2. The van der Waals surface area contributed by atoms with Crippen molar-refractivity contribution in [3.05, 3.63) is 119 Å². The number of azo groups is 1. The minimum absolute atomic E-state index is 0.0287. The van der Waals surface area contributed by atoms with Gasteiger partial charge in [0.25, 0.3) is 11.8 Å². The smallest absolute Gasteiger partial charge is 0.257 e. The fourth-order valence-electron chi connectivity index (χ4n) is 6.62. The molecule has 368 valence electrons. The molecule has 0 aliphatic heterocycles. The first-order valence-electron chi connectivity index (χ1n) is 23.0. The Labute approximate surface area is 401 Å². The molecule has 5 aromatic rings. The number of phenolic OH excluding ortho intramolecular Hbond substituents is 1. The van der Waals surface area contributed by atoms with E-state index < -0.39 is 11.8 Å². The molecular weight excluding hydrogens is 887 g/mol. The molecule has 0 unspecified atom stereocenters. The molecule has 0 atom stereocenters. The molecule has 19 heteroatoms. The highest BCUT2D eigenvalue weighted by Gasteiger charge is 2.16. The van der Waals surface area contributed by atoms with Gasteiger partial charge in [-0.25, -0.2) is 4.98 Å². The van der Waals surface area contributed by atoms with Gasteiger partial charge in [0.2, 0.25) is 17.8 Å². The predicted molar refractivity (Wildman–Crippen MR) is 262 cm³/mol. The minimum Gasteiger partial charge on any atom is -0.506 e. The van der Waals surface area contributed by atoms with Gasteiger partial charge in [-0.3, -0.25) is 24.5 Å². The van der Waals surface area contributed by atoms with Crippen LogP contribution in [0.5, 0.6) is 5.75 Å². The quantitative estimate of drug-likeness (QED) is 0.0169. The Morgan fingerprint density at radius 3 is 1.99 bits per heavy atom. The van der Waals surface area contributed by atoms with Crippen LogP contribution < -0.4 is 27.4 Å². The van der Waals surface area contributed by atoms with Gasteiger partial charge in [-0.05, 0) is 116 Å². The average Bonchev–Trinajstić information content (AvgIpc) is 3.69. The van der Waals surface area contributed by atoms with Crippen LogP contribution in [0.15, 0.2) is 101 Å². The monoisotopic (exact) mass is 949 g/mol. The van der Waals surface area contributed by atoms with E-state index >= 15 is 0 Å². The number of nitrogens with zero attached hydrogens (tertiary/aromatic N) is 4. The van der Waals surface area contributed by atoms with Gasteiger partial charge in [-0.2, -0.15) is 5.11 Å². The number of aromatic nitrogens is 2. The molecule has 1 heterocycles. The molecule has 1 aromatic heterocycles. The largest absolute Gasteiger partial charge is 0.506 e. The Kier molecular flexibility index (Phi) is 22.9. The lowest BCUT2D eigenvalue weighted by atomic mass is 10.1. The Hall–Kier alpha value is -6.87. The van der Waals surface area contributed by atoms with Crippen LogP contribution in [-0.2, 0) is 41.4 Å². The van der Waals surface area contributed by atoms with E-state index in [2.05, 4.69) is 31.2 Å². The van der Waals surface area contributed by atoms with Gasteiger partial charge in [-0.1, -0.05) is 25.1 Å². The molecule has 8 N–H and O–H groups in total. The summed E-state index contributed by atoms with van der Waals surface area (Å²) in [6, 6.07) is 23.6.